The second kappa shape index (κ2) is 8.67. The van der Waals surface area contributed by atoms with E-state index in [1.807, 2.05) is 23.6 Å². The van der Waals surface area contributed by atoms with Gasteiger partial charge in [0.1, 0.15) is 6.54 Å². The number of benzene rings is 1. The number of ether oxygens (including phenoxy) is 1. The van der Waals surface area contributed by atoms with Crippen molar-refractivity contribution in [1.29, 1.82) is 0 Å². The molecule has 0 bridgehead atoms. The van der Waals surface area contributed by atoms with Gasteiger partial charge in [0, 0.05) is 42.4 Å². The van der Waals surface area contributed by atoms with Gasteiger partial charge in [0.05, 0.1) is 17.2 Å². The predicted octanol–water partition coefficient (Wildman–Crippen LogP) is 3.19. The minimum absolute atomic E-state index is 0.128. The summed E-state index contributed by atoms with van der Waals surface area (Å²) in [4.78, 5) is 12.6. The van der Waals surface area contributed by atoms with E-state index in [0.717, 1.165) is 48.2 Å². The molecule has 8 heteroatoms. The summed E-state index contributed by atoms with van der Waals surface area (Å²) in [5, 5.41) is 0. The molecule has 0 unspecified atom stereocenters. The van der Waals surface area contributed by atoms with Crippen LogP contribution < -0.4 is 5.73 Å². The number of aromatic nitrogens is 1. The van der Waals surface area contributed by atoms with Crippen molar-refractivity contribution in [2.24, 2.45) is 0 Å². The van der Waals surface area contributed by atoms with Crippen molar-refractivity contribution in [2.75, 3.05) is 25.4 Å². The van der Waals surface area contributed by atoms with Crippen LogP contribution in [0.5, 0.6) is 0 Å². The Hall–Kier alpha value is -2.32. The Morgan fingerprint density at radius 3 is 2.52 bits per heavy atom. The van der Waals surface area contributed by atoms with Crippen LogP contribution in [-0.2, 0) is 32.5 Å². The van der Waals surface area contributed by atoms with E-state index in [1.165, 1.54) is 0 Å². The number of nitrogen functional groups attached to an aromatic ring is 1. The SMILES string of the molecule is CCOC(=O)Cn1c(C)c(Cc2ccccc2S(=O)(=O)N2CCCC2)c(N)c1C1CC1. The zero-order chi connectivity index (χ0) is 22.2. The molecule has 1 aromatic carbocycles. The van der Waals surface area contributed by atoms with Gasteiger partial charge in [-0.1, -0.05) is 18.2 Å². The number of rotatable bonds is 8. The molecule has 0 amide bonds. The van der Waals surface area contributed by atoms with Crippen molar-refractivity contribution in [3.63, 3.8) is 0 Å². The third kappa shape index (κ3) is 4.23. The Bertz CT molecular complexity index is 1080. The number of nitrogens with zero attached hydrogens (tertiary/aromatic N) is 2. The van der Waals surface area contributed by atoms with Crippen LogP contribution in [0, 0.1) is 6.92 Å². The van der Waals surface area contributed by atoms with Gasteiger partial charge >= 0.3 is 5.97 Å². The van der Waals surface area contributed by atoms with Crippen LogP contribution in [0.3, 0.4) is 0 Å². The van der Waals surface area contributed by atoms with Gasteiger partial charge in [0.15, 0.2) is 0 Å². The summed E-state index contributed by atoms with van der Waals surface area (Å²) >= 11 is 0. The fraction of sp³-hybridized carbons (Fsp3) is 0.522. The third-order valence-corrected chi connectivity index (χ3v) is 8.31. The molecule has 0 radical (unpaired) electrons. The van der Waals surface area contributed by atoms with Gasteiger partial charge < -0.3 is 15.0 Å². The zero-order valence-corrected chi connectivity index (χ0v) is 19.1. The number of sulfonamides is 1. The maximum absolute atomic E-state index is 13.3. The van der Waals surface area contributed by atoms with E-state index < -0.39 is 10.0 Å². The topological polar surface area (TPSA) is 94.6 Å². The number of hydrogen-bond acceptors (Lipinski definition) is 5. The first kappa shape index (κ1) is 21.9. The van der Waals surface area contributed by atoms with Crippen molar-refractivity contribution in [1.82, 2.24) is 8.87 Å². The first-order valence-electron chi connectivity index (χ1n) is 11.1. The van der Waals surface area contributed by atoms with Gasteiger partial charge in [-0.25, -0.2) is 8.42 Å². The third-order valence-electron chi connectivity index (χ3n) is 6.31. The minimum atomic E-state index is -3.54. The first-order chi connectivity index (χ1) is 14.8. The molecule has 168 valence electrons. The molecule has 1 aliphatic heterocycles. The number of hydrogen-bond donors (Lipinski definition) is 1. The van der Waals surface area contributed by atoms with Gasteiger partial charge in [-0.05, 0) is 51.2 Å². The second-order valence-corrected chi connectivity index (χ2v) is 10.3. The fourth-order valence-corrected chi connectivity index (χ4v) is 6.30. The van der Waals surface area contributed by atoms with Crippen LogP contribution in [0.15, 0.2) is 29.2 Å². The van der Waals surface area contributed by atoms with Crippen molar-refractivity contribution in [2.45, 2.75) is 63.3 Å². The van der Waals surface area contributed by atoms with Gasteiger partial charge in [-0.15, -0.1) is 0 Å². The number of carbonyl (C=O) groups excluding carboxylic acids is 1. The standard InChI is InChI=1S/C23H31N3O4S/c1-3-30-21(27)15-26-16(2)19(22(24)23(26)17-10-11-17)14-18-8-4-5-9-20(18)31(28,29)25-12-6-7-13-25/h4-5,8-9,17H,3,6-7,10-15,24H2,1-2H3. The van der Waals surface area contributed by atoms with Gasteiger partial charge in [-0.2, -0.15) is 4.31 Å². The molecule has 2 fully saturated rings. The first-order valence-corrected chi connectivity index (χ1v) is 12.5. The van der Waals surface area contributed by atoms with E-state index in [0.29, 0.717) is 42.6 Å². The van der Waals surface area contributed by atoms with Crippen molar-refractivity contribution < 1.29 is 17.9 Å². The monoisotopic (exact) mass is 445 g/mol. The molecule has 1 saturated heterocycles. The highest BCUT2D eigenvalue weighted by atomic mass is 32.2. The average molecular weight is 446 g/mol. The van der Waals surface area contributed by atoms with E-state index in [9.17, 15) is 13.2 Å². The molecule has 1 aromatic heterocycles. The van der Waals surface area contributed by atoms with E-state index >= 15 is 0 Å². The Morgan fingerprint density at radius 2 is 1.87 bits per heavy atom. The highest BCUT2D eigenvalue weighted by molar-refractivity contribution is 7.89. The maximum Gasteiger partial charge on any atom is 0.325 e. The Morgan fingerprint density at radius 1 is 1.19 bits per heavy atom. The summed E-state index contributed by atoms with van der Waals surface area (Å²) in [5.41, 5.74) is 10.8. The van der Waals surface area contributed by atoms with E-state index in [4.69, 9.17) is 10.5 Å². The summed E-state index contributed by atoms with van der Waals surface area (Å²) in [5.74, 6) is 0.0662. The molecule has 1 saturated carbocycles. The summed E-state index contributed by atoms with van der Waals surface area (Å²) in [6.07, 6.45) is 4.31. The van der Waals surface area contributed by atoms with Gasteiger partial charge in [0.2, 0.25) is 10.0 Å². The fourth-order valence-electron chi connectivity index (χ4n) is 4.56. The van der Waals surface area contributed by atoms with Gasteiger partial charge in [-0.3, -0.25) is 4.79 Å². The Balaban J connectivity index is 1.72. The van der Waals surface area contributed by atoms with Crippen molar-refractivity contribution in [3.05, 3.63) is 46.8 Å². The van der Waals surface area contributed by atoms with Gasteiger partial charge in [0.25, 0.3) is 0 Å². The molecule has 31 heavy (non-hydrogen) atoms. The van der Waals surface area contributed by atoms with Crippen LogP contribution in [-0.4, -0.2) is 43.0 Å². The zero-order valence-electron chi connectivity index (χ0n) is 18.3. The largest absolute Gasteiger partial charge is 0.465 e. The molecule has 4 rings (SSSR count). The molecular formula is C23H31N3O4S. The quantitative estimate of drug-likeness (QED) is 0.630. The summed E-state index contributed by atoms with van der Waals surface area (Å²) < 4.78 is 35.2. The molecular weight excluding hydrogens is 414 g/mol. The maximum atomic E-state index is 13.3. The second-order valence-electron chi connectivity index (χ2n) is 8.42. The lowest BCUT2D eigenvalue weighted by atomic mass is 10.0. The number of nitrogens with two attached hydrogens (primary N) is 1. The molecule has 2 aromatic rings. The lowest BCUT2D eigenvalue weighted by molar-refractivity contribution is -0.143. The molecule has 2 heterocycles. The number of esters is 1. The highest BCUT2D eigenvalue weighted by Crippen LogP contribution is 2.46. The summed E-state index contributed by atoms with van der Waals surface area (Å²) in [6.45, 7) is 5.35. The minimum Gasteiger partial charge on any atom is -0.465 e. The van der Waals surface area contributed by atoms with Crippen LogP contribution in [0.25, 0.3) is 0 Å². The normalized spacial score (nSPS) is 17.2. The average Bonchev–Trinajstić information content (AvgIpc) is 3.35. The van der Waals surface area contributed by atoms with E-state index in [2.05, 4.69) is 0 Å². The molecule has 0 atom stereocenters. The lowest BCUT2D eigenvalue weighted by Crippen LogP contribution is -2.28. The Kier molecular flexibility index (Phi) is 6.12. The van der Waals surface area contributed by atoms with Crippen LogP contribution >= 0.6 is 0 Å². The Labute approximate surface area is 184 Å². The number of anilines is 1. The number of carbonyl (C=O) groups is 1. The molecule has 7 nitrogen and oxygen atoms in total. The molecule has 2 aliphatic rings. The van der Waals surface area contributed by atoms with Crippen LogP contribution in [0.4, 0.5) is 5.69 Å². The predicted molar refractivity (Wildman–Crippen MR) is 119 cm³/mol. The smallest absolute Gasteiger partial charge is 0.325 e. The van der Waals surface area contributed by atoms with E-state index in [-0.39, 0.29) is 12.5 Å². The summed E-state index contributed by atoms with van der Waals surface area (Å²) in [7, 11) is -3.54. The highest BCUT2D eigenvalue weighted by Gasteiger charge is 2.34. The van der Waals surface area contributed by atoms with Crippen LogP contribution in [0.2, 0.25) is 0 Å². The lowest BCUT2D eigenvalue weighted by Gasteiger charge is -2.18. The van der Waals surface area contributed by atoms with Crippen LogP contribution in [0.1, 0.15) is 61.0 Å². The molecule has 2 N–H and O–H groups in total. The summed E-state index contributed by atoms with van der Waals surface area (Å²) in [6, 6.07) is 7.18. The van der Waals surface area contributed by atoms with Crippen molar-refractivity contribution >= 4 is 21.7 Å². The molecule has 1 aliphatic carbocycles. The van der Waals surface area contributed by atoms with Crippen molar-refractivity contribution in [3.8, 4) is 0 Å². The molecule has 0 spiro atoms. The van der Waals surface area contributed by atoms with E-state index in [1.54, 1.807) is 23.4 Å².